The van der Waals surface area contributed by atoms with Gasteiger partial charge < -0.3 is 4.74 Å². The second-order valence-corrected chi connectivity index (χ2v) is 5.28. The van der Waals surface area contributed by atoms with E-state index in [0.717, 1.165) is 19.3 Å². The molecular weight excluding hydrogens is 286 g/mol. The first kappa shape index (κ1) is 18.1. The maximum Gasteiger partial charge on any atom is 0.313 e. The summed E-state index contributed by atoms with van der Waals surface area (Å²) in [6.07, 6.45) is 7.58. The van der Waals surface area contributed by atoms with Crippen molar-refractivity contribution in [3.8, 4) is 0 Å². The zero-order valence-corrected chi connectivity index (χ0v) is 13.0. The molecule has 6 nitrogen and oxygen atoms in total. The van der Waals surface area contributed by atoms with Crippen LogP contribution in [0, 0.1) is 0 Å². The molecule has 2 amide bonds. The molecule has 0 bridgehead atoms. The number of unbranched alkanes of at least 4 members (excludes halogenated alkanes) is 4. The number of nitrogens with zero attached hydrogens (tertiary/aromatic N) is 1. The molecule has 0 aliphatic carbocycles. The molecule has 0 N–H and O–H groups in total. The highest BCUT2D eigenvalue weighted by molar-refractivity contribution is 6.12. The van der Waals surface area contributed by atoms with E-state index in [-0.39, 0.29) is 24.7 Å². The summed E-state index contributed by atoms with van der Waals surface area (Å²) in [4.78, 5) is 46.5. The zero-order chi connectivity index (χ0) is 16.4. The van der Waals surface area contributed by atoms with Gasteiger partial charge in [0.05, 0.1) is 0 Å². The highest BCUT2D eigenvalue weighted by Gasteiger charge is 2.22. The van der Waals surface area contributed by atoms with Crippen LogP contribution in [0.25, 0.3) is 0 Å². The quantitative estimate of drug-likeness (QED) is 0.267. The Hall–Kier alpha value is -1.98. The Labute approximate surface area is 130 Å². The predicted molar refractivity (Wildman–Crippen MR) is 79.6 cm³/mol. The third-order valence-corrected chi connectivity index (χ3v) is 3.38. The van der Waals surface area contributed by atoms with Crippen molar-refractivity contribution in [1.82, 2.24) is 4.90 Å². The number of imide groups is 1. The second kappa shape index (κ2) is 9.87. The molecule has 1 heterocycles. The maximum absolute atomic E-state index is 11.4. The van der Waals surface area contributed by atoms with Crippen LogP contribution in [0.15, 0.2) is 12.2 Å². The van der Waals surface area contributed by atoms with Gasteiger partial charge in [-0.15, -0.1) is 0 Å². The van der Waals surface area contributed by atoms with Crippen molar-refractivity contribution in [2.24, 2.45) is 0 Å². The van der Waals surface area contributed by atoms with Crippen molar-refractivity contribution >= 4 is 23.8 Å². The highest BCUT2D eigenvalue weighted by Crippen LogP contribution is 2.08. The van der Waals surface area contributed by atoms with Gasteiger partial charge in [0, 0.05) is 31.5 Å². The number of hydrogen-bond acceptors (Lipinski definition) is 5. The second-order valence-electron chi connectivity index (χ2n) is 5.28. The lowest BCUT2D eigenvalue weighted by Crippen LogP contribution is -2.30. The predicted octanol–water partition coefficient (Wildman–Crippen LogP) is 2.12. The summed E-state index contributed by atoms with van der Waals surface area (Å²) in [6.45, 7) is 2.39. The Balaban J connectivity index is 2.04. The molecule has 6 heteroatoms. The van der Waals surface area contributed by atoms with Gasteiger partial charge in [-0.05, 0) is 19.3 Å². The molecule has 0 aromatic rings. The van der Waals surface area contributed by atoms with Gasteiger partial charge in [-0.3, -0.25) is 24.1 Å². The SMILES string of the molecule is CCCCCC(=O)OC(=O)CCCCCN1C(=O)C=CC1=O. The first-order chi connectivity index (χ1) is 10.5. The third-order valence-electron chi connectivity index (χ3n) is 3.38. The van der Waals surface area contributed by atoms with Crippen LogP contribution in [0.2, 0.25) is 0 Å². The molecule has 0 saturated carbocycles. The van der Waals surface area contributed by atoms with Crippen LogP contribution in [-0.2, 0) is 23.9 Å². The van der Waals surface area contributed by atoms with E-state index in [1.807, 2.05) is 6.92 Å². The van der Waals surface area contributed by atoms with Crippen LogP contribution in [0.3, 0.4) is 0 Å². The van der Waals surface area contributed by atoms with Crippen molar-refractivity contribution in [3.63, 3.8) is 0 Å². The lowest BCUT2D eigenvalue weighted by Gasteiger charge is -2.12. The molecule has 1 aliphatic rings. The number of ether oxygens (including phenoxy) is 1. The fraction of sp³-hybridized carbons (Fsp3) is 0.625. The number of carbonyl (C=O) groups is 4. The molecule has 0 spiro atoms. The van der Waals surface area contributed by atoms with Gasteiger partial charge in [0.2, 0.25) is 0 Å². The summed E-state index contributed by atoms with van der Waals surface area (Å²) >= 11 is 0. The standard InChI is InChI=1S/C16H23NO5/c1-2-3-5-8-15(20)22-16(21)9-6-4-7-12-17-13(18)10-11-14(17)19/h10-11H,2-9,12H2,1H3. The van der Waals surface area contributed by atoms with Gasteiger partial charge in [-0.25, -0.2) is 0 Å². The lowest BCUT2D eigenvalue weighted by molar-refractivity contribution is -0.159. The Morgan fingerprint density at radius 3 is 2.00 bits per heavy atom. The minimum absolute atomic E-state index is 0.180. The smallest absolute Gasteiger partial charge is 0.313 e. The topological polar surface area (TPSA) is 80.8 Å². The minimum Gasteiger partial charge on any atom is -0.393 e. The number of esters is 2. The maximum atomic E-state index is 11.4. The lowest BCUT2D eigenvalue weighted by atomic mass is 10.2. The summed E-state index contributed by atoms with van der Waals surface area (Å²) in [5.41, 5.74) is 0. The Bertz CT molecular complexity index is 437. The Morgan fingerprint density at radius 1 is 0.909 bits per heavy atom. The van der Waals surface area contributed by atoms with Crippen molar-refractivity contribution in [3.05, 3.63) is 12.2 Å². The molecule has 0 unspecified atom stereocenters. The molecule has 0 saturated heterocycles. The van der Waals surface area contributed by atoms with Crippen LogP contribution >= 0.6 is 0 Å². The minimum atomic E-state index is -0.503. The summed E-state index contributed by atoms with van der Waals surface area (Å²) in [5.74, 6) is -1.54. The number of carbonyl (C=O) groups excluding carboxylic acids is 4. The summed E-state index contributed by atoms with van der Waals surface area (Å²) in [5, 5.41) is 0. The molecule has 122 valence electrons. The highest BCUT2D eigenvalue weighted by atomic mass is 16.6. The fourth-order valence-corrected chi connectivity index (χ4v) is 2.12. The first-order valence-electron chi connectivity index (χ1n) is 7.81. The molecule has 0 aromatic heterocycles. The molecule has 0 atom stereocenters. The average Bonchev–Trinajstić information content (AvgIpc) is 2.78. The van der Waals surface area contributed by atoms with Gasteiger partial charge in [0.1, 0.15) is 0 Å². The van der Waals surface area contributed by atoms with E-state index < -0.39 is 11.9 Å². The van der Waals surface area contributed by atoms with Crippen LogP contribution in [0.1, 0.15) is 58.3 Å². The van der Waals surface area contributed by atoms with Crippen LogP contribution in [-0.4, -0.2) is 35.2 Å². The van der Waals surface area contributed by atoms with Gasteiger partial charge in [0.25, 0.3) is 11.8 Å². The van der Waals surface area contributed by atoms with E-state index in [9.17, 15) is 19.2 Å². The number of rotatable bonds is 10. The van der Waals surface area contributed by atoms with Crippen LogP contribution < -0.4 is 0 Å². The van der Waals surface area contributed by atoms with E-state index >= 15 is 0 Å². The average molecular weight is 309 g/mol. The summed E-state index contributed by atoms with van der Waals surface area (Å²) in [6, 6.07) is 0. The summed E-state index contributed by atoms with van der Waals surface area (Å²) < 4.78 is 4.70. The van der Waals surface area contributed by atoms with Crippen molar-refractivity contribution < 1.29 is 23.9 Å². The van der Waals surface area contributed by atoms with Crippen LogP contribution in [0.5, 0.6) is 0 Å². The van der Waals surface area contributed by atoms with Crippen molar-refractivity contribution in [2.75, 3.05) is 6.54 Å². The van der Waals surface area contributed by atoms with E-state index in [1.54, 1.807) is 0 Å². The van der Waals surface area contributed by atoms with E-state index in [1.165, 1.54) is 17.1 Å². The number of amides is 2. The monoisotopic (exact) mass is 309 g/mol. The van der Waals surface area contributed by atoms with Gasteiger partial charge in [-0.1, -0.05) is 26.2 Å². The largest absolute Gasteiger partial charge is 0.393 e. The molecule has 1 aliphatic heterocycles. The first-order valence-corrected chi connectivity index (χ1v) is 7.81. The van der Waals surface area contributed by atoms with E-state index in [4.69, 9.17) is 4.74 Å². The molecule has 22 heavy (non-hydrogen) atoms. The Morgan fingerprint density at radius 2 is 1.45 bits per heavy atom. The fourth-order valence-electron chi connectivity index (χ4n) is 2.12. The number of hydrogen-bond donors (Lipinski definition) is 0. The van der Waals surface area contributed by atoms with Crippen LogP contribution in [0.4, 0.5) is 0 Å². The van der Waals surface area contributed by atoms with E-state index in [2.05, 4.69) is 0 Å². The molecule has 0 radical (unpaired) electrons. The van der Waals surface area contributed by atoms with Gasteiger partial charge >= 0.3 is 11.9 Å². The van der Waals surface area contributed by atoms with Gasteiger partial charge in [0.15, 0.2) is 0 Å². The molecule has 0 fully saturated rings. The molecule has 0 aromatic carbocycles. The molecular formula is C16H23NO5. The molecule has 1 rings (SSSR count). The zero-order valence-electron chi connectivity index (χ0n) is 13.0. The van der Waals surface area contributed by atoms with Crippen molar-refractivity contribution in [1.29, 1.82) is 0 Å². The summed E-state index contributed by atoms with van der Waals surface area (Å²) in [7, 11) is 0. The van der Waals surface area contributed by atoms with E-state index in [0.29, 0.717) is 25.8 Å². The normalized spacial score (nSPS) is 13.8. The third kappa shape index (κ3) is 6.65. The Kier molecular flexibility index (Phi) is 8.10. The van der Waals surface area contributed by atoms with Gasteiger partial charge in [-0.2, -0.15) is 0 Å². The van der Waals surface area contributed by atoms with Crippen molar-refractivity contribution in [2.45, 2.75) is 58.3 Å².